The predicted octanol–water partition coefficient (Wildman–Crippen LogP) is 4.00. The first-order valence-corrected chi connectivity index (χ1v) is 10.5. The molecule has 27 heavy (non-hydrogen) atoms. The number of aromatic nitrogens is 3. The van der Waals surface area contributed by atoms with Crippen LogP contribution in [-0.2, 0) is 5.75 Å². The van der Waals surface area contributed by atoms with Crippen molar-refractivity contribution in [1.82, 2.24) is 19.9 Å². The minimum Gasteiger partial charge on any atom is -0.368 e. The van der Waals surface area contributed by atoms with E-state index in [0.29, 0.717) is 29.4 Å². The van der Waals surface area contributed by atoms with Gasteiger partial charge in [-0.3, -0.25) is 0 Å². The summed E-state index contributed by atoms with van der Waals surface area (Å²) in [5, 5.41) is 3.18. The van der Waals surface area contributed by atoms with Gasteiger partial charge in [0.25, 0.3) is 0 Å². The largest absolute Gasteiger partial charge is 0.368 e. The van der Waals surface area contributed by atoms with Crippen molar-refractivity contribution in [2.45, 2.75) is 32.9 Å². The zero-order valence-corrected chi connectivity index (χ0v) is 17.6. The predicted molar refractivity (Wildman–Crippen MR) is 117 cm³/mol. The van der Waals surface area contributed by atoms with E-state index in [-0.39, 0.29) is 5.95 Å². The second-order valence-corrected chi connectivity index (χ2v) is 8.94. The molecule has 0 aliphatic carbocycles. The van der Waals surface area contributed by atoms with Crippen LogP contribution in [0.1, 0.15) is 31.7 Å². The molecular weight excluding hydrogens is 376 g/mol. The highest BCUT2D eigenvalue weighted by Gasteiger charge is 2.23. The molecule has 0 radical (unpaired) electrons. The van der Waals surface area contributed by atoms with Crippen LogP contribution in [0.25, 0.3) is 0 Å². The maximum atomic E-state index is 5.87. The summed E-state index contributed by atoms with van der Waals surface area (Å²) < 4.78 is 0.903. The Morgan fingerprint density at radius 2 is 1.85 bits per heavy atom. The molecular formula is C19H26N6S2. The van der Waals surface area contributed by atoms with Crippen LogP contribution in [0.5, 0.6) is 0 Å². The Hall–Kier alpha value is -1.93. The van der Waals surface area contributed by atoms with Crippen molar-refractivity contribution in [2.75, 3.05) is 24.1 Å². The molecule has 1 aliphatic rings. The molecule has 1 fully saturated rings. The molecule has 0 unspecified atom stereocenters. The molecule has 1 aromatic carbocycles. The van der Waals surface area contributed by atoms with E-state index >= 15 is 0 Å². The van der Waals surface area contributed by atoms with E-state index in [4.69, 9.17) is 18.0 Å². The molecule has 8 heteroatoms. The maximum absolute atomic E-state index is 5.87. The Balaban J connectivity index is 1.62. The van der Waals surface area contributed by atoms with Crippen LogP contribution in [0.4, 0.5) is 17.6 Å². The molecule has 1 aromatic heterocycles. The highest BCUT2D eigenvalue weighted by Crippen LogP contribution is 2.25. The van der Waals surface area contributed by atoms with Crippen LogP contribution in [-0.4, -0.2) is 37.3 Å². The lowest BCUT2D eigenvalue weighted by Crippen LogP contribution is -2.40. The highest BCUT2D eigenvalue weighted by atomic mass is 32.2. The van der Waals surface area contributed by atoms with Gasteiger partial charge in [0, 0.05) is 18.8 Å². The summed E-state index contributed by atoms with van der Waals surface area (Å²) in [7, 11) is 0. The number of benzene rings is 1. The molecule has 0 saturated carbocycles. The van der Waals surface area contributed by atoms with E-state index in [1.54, 1.807) is 11.8 Å². The Kier molecular flexibility index (Phi) is 6.49. The summed E-state index contributed by atoms with van der Waals surface area (Å²) in [6.45, 7) is 8.66. The lowest BCUT2D eigenvalue weighted by Gasteiger charge is -2.36. The van der Waals surface area contributed by atoms with Gasteiger partial charge in [-0.15, -0.1) is 0 Å². The maximum Gasteiger partial charge on any atom is 0.232 e. The topological polar surface area (TPSA) is 80.0 Å². The van der Waals surface area contributed by atoms with Crippen LogP contribution in [0, 0.1) is 18.8 Å². The minimum atomic E-state index is 0.210. The molecule has 3 rings (SSSR count). The lowest BCUT2D eigenvalue weighted by molar-refractivity contribution is 0.219. The number of thioether (sulfide) groups is 1. The van der Waals surface area contributed by atoms with Crippen molar-refractivity contribution >= 4 is 45.9 Å². The first-order valence-electron chi connectivity index (χ1n) is 9.15. The molecule has 2 heterocycles. The fraction of sp³-hybridized carbons (Fsp3) is 0.474. The molecule has 3 N–H and O–H groups in total. The average molecular weight is 403 g/mol. The fourth-order valence-electron chi connectivity index (χ4n) is 3.35. The van der Waals surface area contributed by atoms with Gasteiger partial charge >= 0.3 is 0 Å². The van der Waals surface area contributed by atoms with Crippen molar-refractivity contribution in [3.05, 3.63) is 35.7 Å². The van der Waals surface area contributed by atoms with Crippen LogP contribution in [0.3, 0.4) is 0 Å². The number of piperidine rings is 1. The third-order valence-electron chi connectivity index (χ3n) is 4.46. The molecule has 1 aliphatic heterocycles. The van der Waals surface area contributed by atoms with E-state index in [1.165, 1.54) is 12.0 Å². The monoisotopic (exact) mass is 402 g/mol. The van der Waals surface area contributed by atoms with Gasteiger partial charge in [0.05, 0.1) is 5.75 Å². The quantitative estimate of drug-likeness (QED) is 0.743. The van der Waals surface area contributed by atoms with Crippen molar-refractivity contribution < 1.29 is 0 Å². The highest BCUT2D eigenvalue weighted by molar-refractivity contribution is 8.22. The fourth-order valence-corrected chi connectivity index (χ4v) is 4.39. The summed E-state index contributed by atoms with van der Waals surface area (Å²) in [4.78, 5) is 15.2. The van der Waals surface area contributed by atoms with Gasteiger partial charge in [0.1, 0.15) is 10.1 Å². The number of anilines is 3. The van der Waals surface area contributed by atoms with Crippen molar-refractivity contribution in [3.63, 3.8) is 0 Å². The minimum absolute atomic E-state index is 0.210. The molecule has 0 bridgehead atoms. The van der Waals surface area contributed by atoms with Crippen LogP contribution in [0.2, 0.25) is 0 Å². The summed E-state index contributed by atoms with van der Waals surface area (Å²) in [6.07, 6.45) is 1.27. The molecule has 2 atom stereocenters. The van der Waals surface area contributed by atoms with Gasteiger partial charge in [0.2, 0.25) is 11.9 Å². The zero-order chi connectivity index (χ0) is 19.4. The first kappa shape index (κ1) is 19.8. The van der Waals surface area contributed by atoms with Crippen molar-refractivity contribution in [1.29, 1.82) is 0 Å². The molecule has 144 valence electrons. The molecule has 6 nitrogen and oxygen atoms in total. The molecule has 0 spiro atoms. The summed E-state index contributed by atoms with van der Waals surface area (Å²) in [5.74, 6) is 3.21. The first-order chi connectivity index (χ1) is 12.9. The van der Waals surface area contributed by atoms with Gasteiger partial charge in [-0.25, -0.2) is 0 Å². The van der Waals surface area contributed by atoms with E-state index in [1.807, 2.05) is 31.2 Å². The number of nitrogens with zero attached hydrogens (tertiary/aromatic N) is 4. The molecule has 1 saturated heterocycles. The number of hydrogen-bond acceptors (Lipinski definition) is 7. The second kappa shape index (κ2) is 8.84. The van der Waals surface area contributed by atoms with Gasteiger partial charge in [-0.2, -0.15) is 15.0 Å². The number of hydrogen-bond donors (Lipinski definition) is 2. The Bertz CT molecular complexity index is 785. The lowest BCUT2D eigenvalue weighted by atomic mass is 9.92. The third-order valence-corrected chi connectivity index (χ3v) is 5.98. The number of thiocarbonyl (C=S) groups is 1. The number of nitrogens with one attached hydrogen (secondary N) is 1. The van der Waals surface area contributed by atoms with E-state index < -0.39 is 0 Å². The van der Waals surface area contributed by atoms with Gasteiger partial charge in [-0.1, -0.05) is 55.5 Å². The Labute approximate surface area is 170 Å². The van der Waals surface area contributed by atoms with E-state index in [2.05, 4.69) is 39.0 Å². The molecule has 0 amide bonds. The average Bonchev–Trinajstić information content (AvgIpc) is 2.60. The number of rotatable bonds is 4. The van der Waals surface area contributed by atoms with Gasteiger partial charge in [-0.05, 0) is 37.3 Å². The Morgan fingerprint density at radius 3 is 2.52 bits per heavy atom. The summed E-state index contributed by atoms with van der Waals surface area (Å²) >= 11 is 7.22. The van der Waals surface area contributed by atoms with Crippen LogP contribution in [0.15, 0.2) is 24.3 Å². The van der Waals surface area contributed by atoms with Crippen LogP contribution >= 0.6 is 24.0 Å². The standard InChI is InChI=1S/C19H26N6S2/c1-12-4-6-15(7-5-12)21-18-23-16(22-17(20)24-18)11-27-19(26)25-9-13(2)8-14(3)10-25/h4-7,13-14H,8-11H2,1-3H3,(H3,20,21,22,23,24)/t13-,14-/m0/s1. The Morgan fingerprint density at radius 1 is 1.19 bits per heavy atom. The van der Waals surface area contributed by atoms with E-state index in [0.717, 1.165) is 23.1 Å². The number of likely N-dealkylation sites (tertiary alicyclic amines) is 1. The number of nitrogens with two attached hydrogens (primary N) is 1. The third kappa shape index (κ3) is 5.77. The van der Waals surface area contributed by atoms with Gasteiger partial charge in [0.15, 0.2) is 0 Å². The van der Waals surface area contributed by atoms with Crippen LogP contribution < -0.4 is 11.1 Å². The SMILES string of the molecule is Cc1ccc(Nc2nc(N)nc(CSC(=S)N3C[C@@H](C)C[C@H](C)C3)n2)cc1. The summed E-state index contributed by atoms with van der Waals surface area (Å²) in [6, 6.07) is 8.03. The normalized spacial score (nSPS) is 19.7. The van der Waals surface area contributed by atoms with Crippen molar-refractivity contribution in [3.8, 4) is 0 Å². The molecule has 2 aromatic rings. The smallest absolute Gasteiger partial charge is 0.232 e. The zero-order valence-electron chi connectivity index (χ0n) is 16.0. The number of nitrogen functional groups attached to an aromatic ring is 1. The summed E-state index contributed by atoms with van der Waals surface area (Å²) in [5.41, 5.74) is 7.98. The van der Waals surface area contributed by atoms with Gasteiger partial charge < -0.3 is 16.0 Å². The van der Waals surface area contributed by atoms with E-state index in [9.17, 15) is 0 Å². The second-order valence-electron chi connectivity index (χ2n) is 7.33. The number of aryl methyl sites for hydroxylation is 1. The van der Waals surface area contributed by atoms with Crippen molar-refractivity contribution in [2.24, 2.45) is 11.8 Å².